The summed E-state index contributed by atoms with van der Waals surface area (Å²) in [7, 11) is 0. The maximum absolute atomic E-state index is 12.8. The van der Waals surface area contributed by atoms with Crippen LogP contribution in [0.4, 0.5) is 5.69 Å². The van der Waals surface area contributed by atoms with Crippen LogP contribution in [0.5, 0.6) is 0 Å². The fourth-order valence-electron chi connectivity index (χ4n) is 4.72. The van der Waals surface area contributed by atoms with E-state index >= 15 is 0 Å². The summed E-state index contributed by atoms with van der Waals surface area (Å²) in [5.74, 6) is -0.121. The molecule has 4 heteroatoms. The Morgan fingerprint density at radius 1 is 0.818 bits per heavy atom. The van der Waals surface area contributed by atoms with Gasteiger partial charge in [0.1, 0.15) is 11.2 Å². The standard InChI is InChI=1S/C29H24N2O2/c32-29(30-24-13-14-26-25-7-3-4-8-27(25)33-28(26)17-24)22-11-9-20(10-12-22)18-31-16-15-21-5-1-2-6-23(21)19-31/h1-14,17H,15-16,18-19H2,(H,30,32). The average Bonchev–Trinajstić information content (AvgIpc) is 3.22. The van der Waals surface area contributed by atoms with Gasteiger partial charge in [-0.25, -0.2) is 0 Å². The summed E-state index contributed by atoms with van der Waals surface area (Å²) in [6.45, 7) is 2.92. The molecule has 1 aromatic heterocycles. The van der Waals surface area contributed by atoms with Crippen molar-refractivity contribution < 1.29 is 9.21 Å². The van der Waals surface area contributed by atoms with Crippen molar-refractivity contribution in [2.45, 2.75) is 19.5 Å². The second-order valence-electron chi connectivity index (χ2n) is 8.69. The zero-order valence-electron chi connectivity index (χ0n) is 18.3. The average molecular weight is 433 g/mol. The number of furan rings is 1. The Balaban J connectivity index is 1.13. The zero-order chi connectivity index (χ0) is 22.2. The fraction of sp³-hybridized carbons (Fsp3) is 0.138. The molecule has 0 atom stereocenters. The number of nitrogens with zero attached hydrogens (tertiary/aromatic N) is 1. The number of rotatable bonds is 4. The van der Waals surface area contributed by atoms with E-state index in [2.05, 4.69) is 46.6 Å². The van der Waals surface area contributed by atoms with Crippen molar-refractivity contribution in [2.24, 2.45) is 0 Å². The van der Waals surface area contributed by atoms with E-state index in [1.165, 1.54) is 16.7 Å². The van der Waals surface area contributed by atoms with Gasteiger partial charge in [-0.2, -0.15) is 0 Å². The highest BCUT2D eigenvalue weighted by atomic mass is 16.3. The Hall–Kier alpha value is -3.89. The van der Waals surface area contributed by atoms with Gasteiger partial charge in [-0.1, -0.05) is 54.6 Å². The lowest BCUT2D eigenvalue weighted by atomic mass is 9.99. The first-order valence-corrected chi connectivity index (χ1v) is 11.3. The molecule has 4 nitrogen and oxygen atoms in total. The largest absolute Gasteiger partial charge is 0.456 e. The van der Waals surface area contributed by atoms with Gasteiger partial charge in [0.25, 0.3) is 5.91 Å². The summed E-state index contributed by atoms with van der Waals surface area (Å²) in [4.78, 5) is 15.3. The summed E-state index contributed by atoms with van der Waals surface area (Å²) in [5.41, 5.74) is 7.09. The van der Waals surface area contributed by atoms with Crippen molar-refractivity contribution in [1.29, 1.82) is 0 Å². The lowest BCUT2D eigenvalue weighted by Crippen LogP contribution is -2.29. The molecule has 0 aliphatic carbocycles. The highest BCUT2D eigenvalue weighted by Gasteiger charge is 2.16. The predicted octanol–water partition coefficient (Wildman–Crippen LogP) is 6.40. The van der Waals surface area contributed by atoms with E-state index in [1.54, 1.807) is 0 Å². The number of carbonyl (C=O) groups is 1. The first-order valence-electron chi connectivity index (χ1n) is 11.3. The highest BCUT2D eigenvalue weighted by Crippen LogP contribution is 2.30. The zero-order valence-corrected chi connectivity index (χ0v) is 18.3. The lowest BCUT2D eigenvalue weighted by molar-refractivity contribution is 0.102. The Kier molecular flexibility index (Phi) is 4.93. The van der Waals surface area contributed by atoms with Crippen LogP contribution in [0.25, 0.3) is 21.9 Å². The van der Waals surface area contributed by atoms with Crippen molar-refractivity contribution in [3.63, 3.8) is 0 Å². The summed E-state index contributed by atoms with van der Waals surface area (Å²) >= 11 is 0. The first kappa shape index (κ1) is 19.8. The third-order valence-electron chi connectivity index (χ3n) is 6.47. The van der Waals surface area contributed by atoms with Crippen molar-refractivity contribution in [3.8, 4) is 0 Å². The van der Waals surface area contributed by atoms with Gasteiger partial charge in [-0.05, 0) is 53.4 Å². The van der Waals surface area contributed by atoms with Gasteiger partial charge in [0.15, 0.2) is 0 Å². The minimum absolute atomic E-state index is 0.121. The molecule has 0 radical (unpaired) electrons. The highest BCUT2D eigenvalue weighted by molar-refractivity contribution is 6.08. The van der Waals surface area contributed by atoms with Crippen LogP contribution in [-0.2, 0) is 19.5 Å². The number of carbonyl (C=O) groups excluding carboxylic acids is 1. The van der Waals surface area contributed by atoms with Crippen LogP contribution < -0.4 is 5.32 Å². The second-order valence-corrected chi connectivity index (χ2v) is 8.69. The molecule has 1 aliphatic rings. The van der Waals surface area contributed by atoms with Crippen molar-refractivity contribution in [3.05, 3.63) is 113 Å². The number of para-hydroxylation sites is 1. The van der Waals surface area contributed by atoms with Crippen LogP contribution in [0.2, 0.25) is 0 Å². The molecule has 0 fully saturated rings. The van der Waals surface area contributed by atoms with Gasteiger partial charge < -0.3 is 9.73 Å². The Morgan fingerprint density at radius 2 is 1.58 bits per heavy atom. The topological polar surface area (TPSA) is 45.5 Å². The number of hydrogen-bond donors (Lipinski definition) is 1. The van der Waals surface area contributed by atoms with Gasteiger partial charge in [-0.15, -0.1) is 0 Å². The number of nitrogens with one attached hydrogen (secondary N) is 1. The summed E-state index contributed by atoms with van der Waals surface area (Å²) in [6, 6.07) is 30.4. The molecule has 0 saturated carbocycles. The molecule has 0 saturated heterocycles. The molecule has 2 heterocycles. The fourth-order valence-corrected chi connectivity index (χ4v) is 4.72. The molecule has 6 rings (SSSR count). The number of amides is 1. The minimum Gasteiger partial charge on any atom is -0.456 e. The molecule has 0 unspecified atom stereocenters. The number of fused-ring (bicyclic) bond motifs is 4. The number of benzene rings is 4. The third-order valence-corrected chi connectivity index (χ3v) is 6.47. The molecular formula is C29H24N2O2. The molecule has 1 amide bonds. The lowest BCUT2D eigenvalue weighted by Gasteiger charge is -2.28. The Morgan fingerprint density at radius 3 is 2.45 bits per heavy atom. The van der Waals surface area contributed by atoms with E-state index in [4.69, 9.17) is 4.42 Å². The maximum Gasteiger partial charge on any atom is 0.255 e. The van der Waals surface area contributed by atoms with Crippen LogP contribution in [0.3, 0.4) is 0 Å². The predicted molar refractivity (Wildman–Crippen MR) is 132 cm³/mol. The van der Waals surface area contributed by atoms with E-state index in [1.807, 2.05) is 54.6 Å². The molecular weight excluding hydrogens is 408 g/mol. The molecule has 1 N–H and O–H groups in total. The molecule has 162 valence electrons. The van der Waals surface area contributed by atoms with Gasteiger partial charge in [-0.3, -0.25) is 9.69 Å². The summed E-state index contributed by atoms with van der Waals surface area (Å²) in [6.07, 6.45) is 1.09. The third kappa shape index (κ3) is 3.90. The number of anilines is 1. The van der Waals surface area contributed by atoms with Gasteiger partial charge in [0, 0.05) is 47.7 Å². The van der Waals surface area contributed by atoms with Crippen molar-refractivity contribution in [1.82, 2.24) is 4.90 Å². The molecule has 1 aliphatic heterocycles. The van der Waals surface area contributed by atoms with Crippen molar-refractivity contribution >= 4 is 33.5 Å². The Labute approximate surface area is 192 Å². The van der Waals surface area contributed by atoms with Crippen LogP contribution in [0.15, 0.2) is 95.4 Å². The second kappa shape index (κ2) is 8.23. The number of hydrogen-bond acceptors (Lipinski definition) is 3. The normalized spacial score (nSPS) is 13.8. The summed E-state index contributed by atoms with van der Waals surface area (Å²) in [5, 5.41) is 5.13. The molecule has 5 aromatic rings. The van der Waals surface area contributed by atoms with Gasteiger partial charge >= 0.3 is 0 Å². The smallest absolute Gasteiger partial charge is 0.255 e. The van der Waals surface area contributed by atoms with Gasteiger partial charge in [0.2, 0.25) is 0 Å². The van der Waals surface area contributed by atoms with Crippen LogP contribution in [0.1, 0.15) is 27.0 Å². The quantitative estimate of drug-likeness (QED) is 0.358. The Bertz CT molecular complexity index is 1470. The van der Waals surface area contributed by atoms with Crippen LogP contribution >= 0.6 is 0 Å². The van der Waals surface area contributed by atoms with Crippen molar-refractivity contribution in [2.75, 3.05) is 11.9 Å². The van der Waals surface area contributed by atoms with Gasteiger partial charge in [0.05, 0.1) is 0 Å². The molecule has 4 aromatic carbocycles. The first-order chi connectivity index (χ1) is 16.2. The van der Waals surface area contributed by atoms with E-state index < -0.39 is 0 Å². The van der Waals surface area contributed by atoms with E-state index in [0.29, 0.717) is 5.56 Å². The minimum atomic E-state index is -0.121. The monoisotopic (exact) mass is 432 g/mol. The molecule has 0 spiro atoms. The van der Waals surface area contributed by atoms with E-state index in [-0.39, 0.29) is 5.91 Å². The summed E-state index contributed by atoms with van der Waals surface area (Å²) < 4.78 is 5.93. The SMILES string of the molecule is O=C(Nc1ccc2c(c1)oc1ccccc12)c1ccc(CN2CCc3ccccc3C2)cc1. The molecule has 33 heavy (non-hydrogen) atoms. The maximum atomic E-state index is 12.8. The molecule has 0 bridgehead atoms. The van der Waals surface area contributed by atoms with Crippen LogP contribution in [0, 0.1) is 0 Å². The van der Waals surface area contributed by atoms with Crippen LogP contribution in [-0.4, -0.2) is 17.4 Å². The van der Waals surface area contributed by atoms with E-state index in [0.717, 1.165) is 53.7 Å². The van der Waals surface area contributed by atoms with E-state index in [9.17, 15) is 4.79 Å².